The first-order chi connectivity index (χ1) is 14.0. The molecule has 29 heavy (non-hydrogen) atoms. The van der Waals surface area contributed by atoms with E-state index in [1.54, 1.807) is 10.6 Å². The molecular weight excluding hydrogens is 370 g/mol. The second-order valence-corrected chi connectivity index (χ2v) is 6.18. The van der Waals surface area contributed by atoms with Crippen LogP contribution in [0.2, 0.25) is 0 Å². The predicted molar refractivity (Wildman–Crippen MR) is 110 cm³/mol. The van der Waals surface area contributed by atoms with Crippen LogP contribution in [0.3, 0.4) is 0 Å². The van der Waals surface area contributed by atoms with Crippen molar-refractivity contribution >= 4 is 17.9 Å². The summed E-state index contributed by atoms with van der Waals surface area (Å²) in [6.45, 7) is 2.33. The van der Waals surface area contributed by atoms with Crippen molar-refractivity contribution in [2.24, 2.45) is 0 Å². The maximum Gasteiger partial charge on any atom is 0.348 e. The molecule has 8 heteroatoms. The molecule has 0 fully saturated rings. The van der Waals surface area contributed by atoms with Crippen LogP contribution in [0.15, 0.2) is 48.6 Å². The average Bonchev–Trinajstić information content (AvgIpc) is 2.80. The summed E-state index contributed by atoms with van der Waals surface area (Å²) in [7, 11) is 1.21. The molecule has 0 spiro atoms. The quantitative estimate of drug-likeness (QED) is 0.438. The predicted octanol–water partition coefficient (Wildman–Crippen LogP) is 2.42. The van der Waals surface area contributed by atoms with Crippen molar-refractivity contribution in [3.63, 3.8) is 0 Å². The zero-order valence-corrected chi connectivity index (χ0v) is 16.4. The molecule has 0 amide bonds. The molecule has 0 saturated heterocycles. The van der Waals surface area contributed by atoms with E-state index >= 15 is 0 Å². The van der Waals surface area contributed by atoms with E-state index in [0.717, 1.165) is 11.1 Å². The Morgan fingerprint density at radius 2 is 2.10 bits per heavy atom. The number of aromatic nitrogens is 3. The number of nitriles is 1. The van der Waals surface area contributed by atoms with Gasteiger partial charge in [0.05, 0.1) is 19.1 Å². The van der Waals surface area contributed by atoms with Crippen LogP contribution in [-0.2, 0) is 16.1 Å². The minimum absolute atomic E-state index is 0.0324. The molecule has 150 valence electrons. The first kappa shape index (κ1) is 21.6. The summed E-state index contributed by atoms with van der Waals surface area (Å²) in [4.78, 5) is 20.2. The number of ether oxygens (including phenoxy) is 1. The zero-order valence-electron chi connectivity index (χ0n) is 16.4. The van der Waals surface area contributed by atoms with Crippen molar-refractivity contribution in [1.29, 1.82) is 5.26 Å². The number of nitrogens with two attached hydrogens (primary N) is 1. The van der Waals surface area contributed by atoms with Gasteiger partial charge in [-0.1, -0.05) is 29.8 Å². The molecule has 3 N–H and O–H groups in total. The molecule has 0 aliphatic heterocycles. The van der Waals surface area contributed by atoms with Gasteiger partial charge >= 0.3 is 5.97 Å². The molecule has 0 saturated carbocycles. The van der Waals surface area contributed by atoms with E-state index < -0.39 is 5.97 Å². The Morgan fingerprint density at radius 3 is 2.72 bits per heavy atom. The maximum atomic E-state index is 12.0. The minimum Gasteiger partial charge on any atom is -0.465 e. The fourth-order valence-corrected chi connectivity index (χ4v) is 2.61. The minimum atomic E-state index is -0.754. The Bertz CT molecular complexity index is 986. The largest absolute Gasteiger partial charge is 0.465 e. The van der Waals surface area contributed by atoms with Gasteiger partial charge in [0.2, 0.25) is 0 Å². The van der Waals surface area contributed by atoms with Gasteiger partial charge < -0.3 is 20.1 Å². The van der Waals surface area contributed by atoms with Crippen molar-refractivity contribution < 1.29 is 14.6 Å². The van der Waals surface area contributed by atoms with Crippen molar-refractivity contribution in [1.82, 2.24) is 14.5 Å². The Kier molecular flexibility index (Phi) is 7.88. The molecule has 0 bridgehead atoms. The van der Waals surface area contributed by atoms with Gasteiger partial charge in [-0.15, -0.1) is 0 Å². The Balaban J connectivity index is 2.94. The highest BCUT2D eigenvalue weighted by atomic mass is 16.5. The number of esters is 1. The van der Waals surface area contributed by atoms with Crippen LogP contribution in [0.1, 0.15) is 17.7 Å². The van der Waals surface area contributed by atoms with E-state index in [9.17, 15) is 15.2 Å². The van der Waals surface area contributed by atoms with Gasteiger partial charge in [0.1, 0.15) is 23.8 Å². The Morgan fingerprint density at radius 1 is 1.38 bits per heavy atom. The lowest BCUT2D eigenvalue weighted by Crippen LogP contribution is -2.08. The number of nitrogen functional groups attached to an aromatic ring is 1. The molecule has 0 aliphatic carbocycles. The fraction of sp³-hybridized carbons (Fsp3) is 0.238. The lowest BCUT2D eigenvalue weighted by atomic mass is 10.0. The summed E-state index contributed by atoms with van der Waals surface area (Å²) in [5.41, 5.74) is 8.86. The van der Waals surface area contributed by atoms with Gasteiger partial charge in [-0.2, -0.15) is 5.26 Å². The van der Waals surface area contributed by atoms with Crippen LogP contribution in [0, 0.1) is 18.3 Å². The SMILES string of the molecule is COC(=O)/C(C#N)=C/c1c(-c2ccc(C)cc2)cc(N)ncncn1CCCO. The highest BCUT2D eigenvalue weighted by molar-refractivity contribution is 5.98. The molecule has 0 unspecified atom stereocenters. The smallest absolute Gasteiger partial charge is 0.348 e. The molecule has 0 radical (unpaired) electrons. The number of aryl methyl sites for hydroxylation is 2. The summed E-state index contributed by atoms with van der Waals surface area (Å²) >= 11 is 0. The van der Waals surface area contributed by atoms with Crippen LogP contribution >= 0.6 is 0 Å². The maximum absolute atomic E-state index is 12.0. The molecule has 0 atom stereocenters. The third-order valence-electron chi connectivity index (χ3n) is 4.08. The van der Waals surface area contributed by atoms with Gasteiger partial charge in [0.25, 0.3) is 0 Å². The zero-order chi connectivity index (χ0) is 21.2. The third kappa shape index (κ3) is 5.89. The van der Waals surface area contributed by atoms with Crippen molar-refractivity contribution in [3.05, 3.63) is 59.8 Å². The second-order valence-electron chi connectivity index (χ2n) is 6.18. The number of carbonyl (C=O) groups excluding carboxylic acids is 1. The standard InChI is InChI=1S/C21H23N5O3/c1-15-4-6-16(7-5-15)18-11-20(23)25-13-24-14-26(8-3-9-27)19(18)10-17(12-22)21(28)29-2/h4-7,10-11,13-14,27H,3,8-9,23H2,1-2H3/b17-10+,19-18?,20-11?,24-14?,25-13?. The van der Waals surface area contributed by atoms with Gasteiger partial charge in [0, 0.05) is 18.7 Å². The van der Waals surface area contributed by atoms with Crippen molar-refractivity contribution in [2.75, 3.05) is 19.5 Å². The molecule has 2 aromatic rings. The van der Waals surface area contributed by atoms with E-state index in [0.29, 0.717) is 24.2 Å². The number of aliphatic hydroxyl groups excluding tert-OH is 1. The lowest BCUT2D eigenvalue weighted by molar-refractivity contribution is -0.135. The summed E-state index contributed by atoms with van der Waals surface area (Å²) in [5, 5.41) is 18.7. The highest BCUT2D eigenvalue weighted by Gasteiger charge is 2.13. The van der Waals surface area contributed by atoms with Crippen molar-refractivity contribution in [2.45, 2.75) is 19.9 Å². The molecular formula is C21H23N5O3. The van der Waals surface area contributed by atoms with Gasteiger partial charge in [0.15, 0.2) is 0 Å². The highest BCUT2D eigenvalue weighted by Crippen LogP contribution is 2.26. The summed E-state index contributed by atoms with van der Waals surface area (Å²) < 4.78 is 6.44. The number of benzene rings is 1. The van der Waals surface area contributed by atoms with E-state index in [1.165, 1.54) is 25.8 Å². The third-order valence-corrected chi connectivity index (χ3v) is 4.08. The normalized spacial score (nSPS) is 10.8. The van der Waals surface area contributed by atoms with Gasteiger partial charge in [-0.3, -0.25) is 0 Å². The number of nitrogens with zero attached hydrogens (tertiary/aromatic N) is 4. The molecule has 0 aliphatic rings. The lowest BCUT2D eigenvalue weighted by Gasteiger charge is -2.13. The van der Waals surface area contributed by atoms with Gasteiger partial charge in [-0.25, -0.2) is 14.8 Å². The van der Waals surface area contributed by atoms with Crippen LogP contribution in [-0.4, -0.2) is 39.3 Å². The van der Waals surface area contributed by atoms with E-state index in [-0.39, 0.29) is 18.0 Å². The molecule has 1 aromatic carbocycles. The number of aliphatic hydroxyl groups is 1. The summed E-state index contributed by atoms with van der Waals surface area (Å²) in [6, 6.07) is 11.2. The summed E-state index contributed by atoms with van der Waals surface area (Å²) in [6.07, 6.45) is 4.70. The number of anilines is 1. The number of rotatable bonds is 6. The second kappa shape index (κ2) is 10.6. The van der Waals surface area contributed by atoms with Crippen LogP contribution in [0.5, 0.6) is 0 Å². The van der Waals surface area contributed by atoms with E-state index in [1.807, 2.05) is 37.3 Å². The number of carbonyl (C=O) groups is 1. The van der Waals surface area contributed by atoms with E-state index in [4.69, 9.17) is 10.5 Å². The monoisotopic (exact) mass is 393 g/mol. The molecule has 2 rings (SSSR count). The van der Waals surface area contributed by atoms with Crippen LogP contribution < -0.4 is 5.73 Å². The number of hydrogen-bond acceptors (Lipinski definition) is 7. The topological polar surface area (TPSA) is 127 Å². The fourth-order valence-electron chi connectivity index (χ4n) is 2.61. The summed E-state index contributed by atoms with van der Waals surface area (Å²) in [5.74, 6) is -0.542. The molecule has 1 aromatic heterocycles. The Labute approximate surface area is 169 Å². The first-order valence-electron chi connectivity index (χ1n) is 8.92. The number of methoxy groups -OCH3 is 1. The molecule has 1 heterocycles. The Hall–Kier alpha value is -3.70. The van der Waals surface area contributed by atoms with Gasteiger partial charge in [-0.05, 0) is 31.1 Å². The van der Waals surface area contributed by atoms with E-state index in [2.05, 4.69) is 9.97 Å². The molecule has 8 nitrogen and oxygen atoms in total. The number of hydrogen-bond donors (Lipinski definition) is 2. The van der Waals surface area contributed by atoms with Crippen molar-refractivity contribution in [3.8, 4) is 17.2 Å². The van der Waals surface area contributed by atoms with Crippen LogP contribution in [0.25, 0.3) is 17.2 Å². The van der Waals surface area contributed by atoms with Crippen LogP contribution in [0.4, 0.5) is 5.82 Å². The average molecular weight is 393 g/mol. The first-order valence-corrected chi connectivity index (χ1v) is 8.92.